The van der Waals surface area contributed by atoms with Gasteiger partial charge in [-0.2, -0.15) is 10.4 Å². The van der Waals surface area contributed by atoms with Crippen LogP contribution in [0.25, 0.3) is 16.6 Å². The predicted octanol–water partition coefficient (Wildman–Crippen LogP) is 3.71. The van der Waals surface area contributed by atoms with Crippen LogP contribution in [-0.4, -0.2) is 83.4 Å². The van der Waals surface area contributed by atoms with Crippen LogP contribution in [0.5, 0.6) is 5.75 Å². The zero-order chi connectivity index (χ0) is 29.9. The molecule has 0 unspecified atom stereocenters. The Labute approximate surface area is 249 Å². The Morgan fingerprint density at radius 2 is 2.00 bits per heavy atom. The lowest BCUT2D eigenvalue weighted by Crippen LogP contribution is -2.61. The van der Waals surface area contributed by atoms with Crippen molar-refractivity contribution in [2.75, 3.05) is 57.3 Å². The van der Waals surface area contributed by atoms with E-state index >= 15 is 0 Å². The van der Waals surface area contributed by atoms with Crippen molar-refractivity contribution in [2.24, 2.45) is 11.3 Å². The molecule has 5 heterocycles. The first kappa shape index (κ1) is 29.8. The third kappa shape index (κ3) is 6.37. The number of carbonyl (C=O) groups excluding carboxylic acids is 1. The zero-order valence-corrected chi connectivity index (χ0v) is 25.6. The summed E-state index contributed by atoms with van der Waals surface area (Å²) >= 11 is 0. The quantitative estimate of drug-likeness (QED) is 0.399. The first-order chi connectivity index (χ1) is 20.1. The highest BCUT2D eigenvalue weighted by Crippen LogP contribution is 2.36. The standard InChI is InChI=1S/C32H44N8O2/c1-6-42-26-15-27(29-25(16-33)19-37-40(29)20-26)24-7-8-28(34-18-24)39-12-9-32(10-13-39,30(41)35-17-23(2)3)22-38-14-11-36-31(4,5)21-38/h7-8,15,18-20,23,36H,6,9-14,17,21-22H2,1-5H3,(H,35,41). The number of fused-ring (bicyclic) bond motifs is 1. The minimum absolute atomic E-state index is 0.0406. The molecule has 0 radical (unpaired) electrons. The zero-order valence-electron chi connectivity index (χ0n) is 25.6. The Hall–Kier alpha value is -3.68. The van der Waals surface area contributed by atoms with Crippen LogP contribution in [0.3, 0.4) is 0 Å². The normalized spacial score (nSPS) is 18.6. The fourth-order valence-corrected chi connectivity index (χ4v) is 6.29. The summed E-state index contributed by atoms with van der Waals surface area (Å²) in [5.74, 6) is 2.17. The van der Waals surface area contributed by atoms with Crippen molar-refractivity contribution in [3.63, 3.8) is 0 Å². The predicted molar refractivity (Wildman–Crippen MR) is 165 cm³/mol. The largest absolute Gasteiger partial charge is 0.492 e. The molecule has 42 heavy (non-hydrogen) atoms. The van der Waals surface area contributed by atoms with Crippen molar-refractivity contribution in [3.05, 3.63) is 42.4 Å². The number of pyridine rings is 2. The fraction of sp³-hybridized carbons (Fsp3) is 0.562. The molecule has 10 nitrogen and oxygen atoms in total. The maximum absolute atomic E-state index is 13.7. The molecule has 0 aromatic carbocycles. The third-order valence-corrected chi connectivity index (χ3v) is 8.45. The van der Waals surface area contributed by atoms with E-state index in [1.165, 1.54) is 0 Å². The SMILES string of the molecule is CCOc1cc(-c2ccc(N3CCC(CN4CCNC(C)(C)C4)(C(=O)NCC(C)C)CC3)nc2)c2c(C#N)cnn2c1. The van der Waals surface area contributed by atoms with E-state index in [0.717, 1.165) is 74.6 Å². The monoisotopic (exact) mass is 572 g/mol. The molecular formula is C32H44N8O2. The van der Waals surface area contributed by atoms with Gasteiger partial charge in [-0.3, -0.25) is 9.69 Å². The maximum atomic E-state index is 13.7. The minimum atomic E-state index is -0.417. The van der Waals surface area contributed by atoms with Crippen molar-refractivity contribution in [3.8, 4) is 22.9 Å². The number of nitriles is 1. The van der Waals surface area contributed by atoms with Crippen LogP contribution >= 0.6 is 0 Å². The second-order valence-electron chi connectivity index (χ2n) is 12.8. The molecular weight excluding hydrogens is 528 g/mol. The van der Waals surface area contributed by atoms with Gasteiger partial charge >= 0.3 is 0 Å². The summed E-state index contributed by atoms with van der Waals surface area (Å²) < 4.78 is 7.46. The summed E-state index contributed by atoms with van der Waals surface area (Å²) in [5.41, 5.74) is 2.61. The molecule has 10 heteroatoms. The Morgan fingerprint density at radius 3 is 2.64 bits per heavy atom. The van der Waals surface area contributed by atoms with Gasteiger partial charge in [0.1, 0.15) is 17.6 Å². The van der Waals surface area contributed by atoms with Crippen molar-refractivity contribution in [1.82, 2.24) is 30.1 Å². The van der Waals surface area contributed by atoms with Gasteiger partial charge in [0.25, 0.3) is 0 Å². The van der Waals surface area contributed by atoms with Crippen LogP contribution in [0.15, 0.2) is 36.8 Å². The molecule has 0 atom stereocenters. The molecule has 0 saturated carbocycles. The number of anilines is 1. The number of amides is 1. The molecule has 2 fully saturated rings. The second-order valence-corrected chi connectivity index (χ2v) is 12.8. The van der Waals surface area contributed by atoms with Gasteiger partial charge in [0.05, 0.1) is 35.5 Å². The van der Waals surface area contributed by atoms with E-state index in [-0.39, 0.29) is 11.4 Å². The number of nitrogens with zero attached hydrogens (tertiary/aromatic N) is 6. The molecule has 2 aliphatic heterocycles. The number of piperazine rings is 1. The van der Waals surface area contributed by atoms with Crippen LogP contribution in [0, 0.1) is 22.7 Å². The molecule has 2 N–H and O–H groups in total. The van der Waals surface area contributed by atoms with E-state index in [9.17, 15) is 10.1 Å². The van der Waals surface area contributed by atoms with Gasteiger partial charge < -0.3 is 20.3 Å². The summed E-state index contributed by atoms with van der Waals surface area (Å²) in [5, 5.41) is 20.9. The number of ether oxygens (including phenoxy) is 1. The molecule has 2 saturated heterocycles. The van der Waals surface area contributed by atoms with Gasteiger partial charge in [-0.25, -0.2) is 9.50 Å². The average molecular weight is 573 g/mol. The molecule has 0 aliphatic carbocycles. The lowest BCUT2D eigenvalue weighted by Gasteiger charge is -2.47. The maximum Gasteiger partial charge on any atom is 0.227 e. The van der Waals surface area contributed by atoms with E-state index < -0.39 is 5.41 Å². The number of rotatable bonds is 9. The fourth-order valence-electron chi connectivity index (χ4n) is 6.29. The molecule has 1 amide bonds. The lowest BCUT2D eigenvalue weighted by atomic mass is 9.76. The van der Waals surface area contributed by atoms with Crippen molar-refractivity contribution >= 4 is 17.2 Å². The Balaban J connectivity index is 1.34. The van der Waals surface area contributed by atoms with Crippen molar-refractivity contribution < 1.29 is 9.53 Å². The van der Waals surface area contributed by atoms with Gasteiger partial charge in [-0.15, -0.1) is 0 Å². The summed E-state index contributed by atoms with van der Waals surface area (Å²) in [7, 11) is 0. The van der Waals surface area contributed by atoms with Gasteiger partial charge in [-0.1, -0.05) is 13.8 Å². The summed E-state index contributed by atoms with van der Waals surface area (Å²) in [6.07, 6.45) is 6.79. The van der Waals surface area contributed by atoms with Crippen molar-refractivity contribution in [1.29, 1.82) is 5.26 Å². The van der Waals surface area contributed by atoms with Gasteiger partial charge in [0.15, 0.2) is 0 Å². The van der Waals surface area contributed by atoms with Crippen LogP contribution in [-0.2, 0) is 4.79 Å². The van der Waals surface area contributed by atoms with Gasteiger partial charge in [-0.05, 0) is 57.7 Å². The smallest absolute Gasteiger partial charge is 0.227 e. The number of nitrogens with one attached hydrogen (secondary N) is 2. The van der Waals surface area contributed by atoms with Gasteiger partial charge in [0.2, 0.25) is 5.91 Å². The highest BCUT2D eigenvalue weighted by atomic mass is 16.5. The Kier molecular flexibility index (Phi) is 8.71. The Morgan fingerprint density at radius 1 is 1.21 bits per heavy atom. The highest BCUT2D eigenvalue weighted by Gasteiger charge is 2.44. The highest BCUT2D eigenvalue weighted by molar-refractivity contribution is 5.85. The Bertz CT molecular complexity index is 1430. The van der Waals surface area contributed by atoms with E-state index in [0.29, 0.717) is 30.4 Å². The summed E-state index contributed by atoms with van der Waals surface area (Å²) in [6, 6.07) is 8.27. The molecule has 5 rings (SSSR count). The second kappa shape index (κ2) is 12.3. The van der Waals surface area contributed by atoms with Crippen LogP contribution < -0.4 is 20.3 Å². The minimum Gasteiger partial charge on any atom is -0.492 e. The molecule has 3 aromatic heterocycles. The lowest BCUT2D eigenvalue weighted by molar-refractivity contribution is -0.134. The van der Waals surface area contributed by atoms with E-state index in [4.69, 9.17) is 9.72 Å². The van der Waals surface area contributed by atoms with Crippen molar-refractivity contribution in [2.45, 2.75) is 53.0 Å². The average Bonchev–Trinajstić information content (AvgIpc) is 3.39. The summed E-state index contributed by atoms with van der Waals surface area (Å²) in [4.78, 5) is 23.3. The molecule has 0 bridgehead atoms. The number of carbonyl (C=O) groups is 1. The number of hydrogen-bond donors (Lipinski definition) is 2. The van der Waals surface area contributed by atoms with Crippen LogP contribution in [0.4, 0.5) is 5.82 Å². The number of hydrogen-bond acceptors (Lipinski definition) is 8. The van der Waals surface area contributed by atoms with E-state index in [2.05, 4.69) is 59.3 Å². The molecule has 0 spiro atoms. The number of aromatic nitrogens is 3. The molecule has 2 aliphatic rings. The number of piperidine rings is 1. The van der Waals surface area contributed by atoms with Crippen LogP contribution in [0.2, 0.25) is 0 Å². The topological polar surface area (TPSA) is 111 Å². The molecule has 224 valence electrons. The van der Waals surface area contributed by atoms with E-state index in [1.54, 1.807) is 16.9 Å². The first-order valence-electron chi connectivity index (χ1n) is 15.1. The van der Waals surface area contributed by atoms with Gasteiger partial charge in [0, 0.05) is 68.7 Å². The summed E-state index contributed by atoms with van der Waals surface area (Å²) in [6.45, 7) is 17.0. The van der Waals surface area contributed by atoms with E-state index in [1.807, 2.05) is 31.3 Å². The first-order valence-corrected chi connectivity index (χ1v) is 15.1. The molecule has 3 aromatic rings. The third-order valence-electron chi connectivity index (χ3n) is 8.45. The van der Waals surface area contributed by atoms with Crippen LogP contribution in [0.1, 0.15) is 53.0 Å².